The maximum Gasteiger partial charge on any atom is 0.318 e. The van der Waals surface area contributed by atoms with Crippen LogP contribution in [0, 0.1) is 10.8 Å². The van der Waals surface area contributed by atoms with Gasteiger partial charge in [0.2, 0.25) is 0 Å². The highest BCUT2D eigenvalue weighted by Crippen LogP contribution is 2.26. The van der Waals surface area contributed by atoms with Gasteiger partial charge in [0.05, 0.1) is 57.4 Å². The molecule has 0 rings (SSSR count). The molecule has 0 radical (unpaired) electrons. The van der Waals surface area contributed by atoms with E-state index in [0.717, 1.165) is 0 Å². The number of aliphatic hydroxyl groups excluding tert-OH is 1. The van der Waals surface area contributed by atoms with Crippen molar-refractivity contribution in [2.24, 2.45) is 10.8 Å². The largest absolute Gasteiger partial charge is 0.464 e. The fourth-order valence-corrected chi connectivity index (χ4v) is 3.04. The van der Waals surface area contributed by atoms with Crippen LogP contribution < -0.4 is 0 Å². The Kier molecular flexibility index (Phi) is 19.6. The van der Waals surface area contributed by atoms with Gasteiger partial charge in [0.15, 0.2) is 0 Å². The van der Waals surface area contributed by atoms with E-state index >= 15 is 0 Å². The van der Waals surface area contributed by atoms with E-state index in [4.69, 9.17) is 28.4 Å². The van der Waals surface area contributed by atoms with Gasteiger partial charge in [0.1, 0.15) is 33.0 Å². The van der Waals surface area contributed by atoms with Crippen LogP contribution in [0.2, 0.25) is 0 Å². The van der Waals surface area contributed by atoms with E-state index in [1.165, 1.54) is 27.7 Å². The van der Waals surface area contributed by atoms with E-state index in [1.807, 2.05) is 0 Å². The van der Waals surface area contributed by atoms with Gasteiger partial charge in [0.25, 0.3) is 0 Å². The topological polar surface area (TPSA) is 161 Å². The first kappa shape index (κ1) is 40.0. The molecule has 41 heavy (non-hydrogen) atoms. The molecule has 238 valence electrons. The molecular formula is C24H40O12S5. The van der Waals surface area contributed by atoms with Crippen molar-refractivity contribution < 1.29 is 57.5 Å². The van der Waals surface area contributed by atoms with Crippen LogP contribution in [0.15, 0.2) is 0 Å². The predicted molar refractivity (Wildman–Crippen MR) is 165 cm³/mol. The Morgan fingerprint density at radius 1 is 0.561 bits per heavy atom. The number of carbonyl (C=O) groups excluding carboxylic acids is 5. The van der Waals surface area contributed by atoms with Crippen molar-refractivity contribution in [1.82, 2.24) is 0 Å². The van der Waals surface area contributed by atoms with Gasteiger partial charge in [-0.15, -0.1) is 0 Å². The molecule has 0 aromatic carbocycles. The van der Waals surface area contributed by atoms with Gasteiger partial charge in [0, 0.05) is 0 Å². The second-order valence-electron chi connectivity index (χ2n) is 9.60. The van der Waals surface area contributed by atoms with Crippen LogP contribution in [-0.4, -0.2) is 115 Å². The highest BCUT2D eigenvalue weighted by molar-refractivity contribution is 7.82. The van der Waals surface area contributed by atoms with Crippen LogP contribution in [0.3, 0.4) is 0 Å². The average molecular weight is 681 g/mol. The molecule has 0 aromatic heterocycles. The number of aliphatic hydroxyl groups is 1. The number of hydrogen-bond acceptors (Lipinski definition) is 17. The average Bonchev–Trinajstić information content (AvgIpc) is 2.93. The Labute approximate surface area is 267 Å². The molecule has 0 fully saturated rings. The maximum absolute atomic E-state index is 12.2. The highest BCUT2D eigenvalue weighted by atomic mass is 32.1. The summed E-state index contributed by atoms with van der Waals surface area (Å²) in [6, 6.07) is 0. The van der Waals surface area contributed by atoms with Crippen molar-refractivity contribution in [2.75, 3.05) is 58.6 Å². The SMILES string of the molecule is CC(S)C(=O)OCC(CO)(COCC(COC(=O)CS)(COC(=O)C(C)S)COC(=O)C(C)S)COC(=O)C(C)S. The first-order valence-corrected chi connectivity index (χ1v) is 15.1. The fourth-order valence-electron chi connectivity index (χ4n) is 2.65. The van der Waals surface area contributed by atoms with Crippen LogP contribution in [0.1, 0.15) is 27.7 Å². The van der Waals surface area contributed by atoms with Crippen molar-refractivity contribution >= 4 is 93.0 Å². The standard InChI is InChI=1S/C24H40O12S5/c1-14(38)19(27)33-9-23(6-25,10-34-20(28)15(2)39)7-31-8-24(11-32-18(26)5-37,12-35-21(29)16(3)40)13-36-22(30)17(4)41/h14-17,25,37-41H,5-13H2,1-4H3. The lowest BCUT2D eigenvalue weighted by Gasteiger charge is -2.35. The molecule has 0 saturated heterocycles. The summed E-state index contributed by atoms with van der Waals surface area (Å²) in [6.45, 7) is 2.51. The van der Waals surface area contributed by atoms with Crippen molar-refractivity contribution in [2.45, 2.75) is 48.7 Å². The number of thiol groups is 5. The molecule has 12 nitrogen and oxygen atoms in total. The zero-order valence-electron chi connectivity index (χ0n) is 23.3. The van der Waals surface area contributed by atoms with Gasteiger partial charge < -0.3 is 33.5 Å². The van der Waals surface area contributed by atoms with Crippen molar-refractivity contribution in [3.63, 3.8) is 0 Å². The third-order valence-electron chi connectivity index (χ3n) is 5.27. The summed E-state index contributed by atoms with van der Waals surface area (Å²) in [5.41, 5.74) is -2.86. The van der Waals surface area contributed by atoms with E-state index in [0.29, 0.717) is 0 Å². The lowest BCUT2D eigenvalue weighted by atomic mass is 9.90. The van der Waals surface area contributed by atoms with E-state index in [-0.39, 0.29) is 19.0 Å². The molecule has 17 heteroatoms. The zero-order valence-corrected chi connectivity index (χ0v) is 27.8. The zero-order chi connectivity index (χ0) is 31.8. The second kappa shape index (κ2) is 20.1. The highest BCUT2D eigenvalue weighted by Gasteiger charge is 2.40. The van der Waals surface area contributed by atoms with E-state index in [9.17, 15) is 29.1 Å². The molecule has 0 amide bonds. The Balaban J connectivity index is 6.11. The van der Waals surface area contributed by atoms with Crippen molar-refractivity contribution in [3.8, 4) is 0 Å². The Morgan fingerprint density at radius 2 is 0.854 bits per heavy atom. The molecule has 0 bridgehead atoms. The minimum absolute atomic E-state index is 0.255. The normalized spacial score (nSPS) is 17.0. The van der Waals surface area contributed by atoms with Gasteiger partial charge in [-0.1, -0.05) is 0 Å². The van der Waals surface area contributed by atoms with Crippen molar-refractivity contribution in [3.05, 3.63) is 0 Å². The number of esters is 5. The first-order valence-electron chi connectivity index (χ1n) is 12.4. The van der Waals surface area contributed by atoms with Gasteiger partial charge in [-0.3, -0.25) is 24.0 Å². The van der Waals surface area contributed by atoms with Gasteiger partial charge in [-0.2, -0.15) is 63.1 Å². The van der Waals surface area contributed by atoms with Crippen LogP contribution in [0.4, 0.5) is 0 Å². The Bertz CT molecular complexity index is 818. The lowest BCUT2D eigenvalue weighted by Crippen LogP contribution is -2.47. The molecule has 4 atom stereocenters. The minimum Gasteiger partial charge on any atom is -0.464 e. The fraction of sp³-hybridized carbons (Fsp3) is 0.792. The molecule has 0 heterocycles. The third-order valence-corrected chi connectivity index (χ3v) is 6.37. The molecule has 0 spiro atoms. The van der Waals surface area contributed by atoms with Gasteiger partial charge in [-0.25, -0.2) is 0 Å². The maximum atomic E-state index is 12.2. The molecule has 0 aromatic rings. The molecule has 0 aliphatic rings. The molecule has 1 N–H and O–H groups in total. The number of rotatable bonds is 20. The summed E-state index contributed by atoms with van der Waals surface area (Å²) in [5, 5.41) is 7.14. The van der Waals surface area contributed by atoms with Crippen LogP contribution >= 0.6 is 63.1 Å². The summed E-state index contributed by atoms with van der Waals surface area (Å²) in [7, 11) is 0. The number of carbonyl (C=O) groups is 5. The second-order valence-corrected chi connectivity index (χ2v) is 13.0. The van der Waals surface area contributed by atoms with E-state index < -0.39 is 101 Å². The molecule has 0 aliphatic carbocycles. The van der Waals surface area contributed by atoms with Crippen LogP contribution in [0.5, 0.6) is 0 Å². The summed E-state index contributed by atoms with van der Waals surface area (Å²) in [6.07, 6.45) is 0. The monoisotopic (exact) mass is 680 g/mol. The first-order chi connectivity index (χ1) is 19.0. The number of hydrogen-bond donors (Lipinski definition) is 6. The van der Waals surface area contributed by atoms with Crippen molar-refractivity contribution in [1.29, 1.82) is 0 Å². The number of ether oxygens (including phenoxy) is 6. The molecule has 0 aliphatic heterocycles. The summed E-state index contributed by atoms with van der Waals surface area (Å²) >= 11 is 20.0. The molecular weight excluding hydrogens is 641 g/mol. The van der Waals surface area contributed by atoms with E-state index in [2.05, 4.69) is 63.1 Å². The minimum atomic E-state index is -1.43. The predicted octanol–water partition coefficient (Wildman–Crippen LogP) is 0.887. The summed E-state index contributed by atoms with van der Waals surface area (Å²) in [4.78, 5) is 60.4. The third kappa shape index (κ3) is 15.9. The van der Waals surface area contributed by atoms with Gasteiger partial charge >= 0.3 is 29.8 Å². The summed E-state index contributed by atoms with van der Waals surface area (Å²) in [5.74, 6) is -3.72. The Morgan fingerprint density at radius 3 is 1.15 bits per heavy atom. The molecule has 4 unspecified atom stereocenters. The smallest absolute Gasteiger partial charge is 0.318 e. The lowest BCUT2D eigenvalue weighted by molar-refractivity contribution is -0.171. The Hall–Kier alpha value is -0.980. The molecule has 0 saturated carbocycles. The van der Waals surface area contributed by atoms with E-state index in [1.54, 1.807) is 0 Å². The summed E-state index contributed by atoms with van der Waals surface area (Å²) < 4.78 is 32.3. The quantitative estimate of drug-likeness (QED) is 0.0613. The van der Waals surface area contributed by atoms with Gasteiger partial charge in [-0.05, 0) is 27.7 Å². The van der Waals surface area contributed by atoms with Crippen LogP contribution in [0.25, 0.3) is 0 Å². The van der Waals surface area contributed by atoms with Crippen LogP contribution in [-0.2, 0) is 52.4 Å².